The third kappa shape index (κ3) is 3.63. The number of fused-ring (bicyclic) bond motifs is 1. The molecule has 0 radical (unpaired) electrons. The Morgan fingerprint density at radius 3 is 2.76 bits per heavy atom. The average molecular weight is 389 g/mol. The second kappa shape index (κ2) is 7.36. The van der Waals surface area contributed by atoms with Gasteiger partial charge in [-0.1, -0.05) is 0 Å². The van der Waals surface area contributed by atoms with Gasteiger partial charge in [-0.05, 0) is 36.9 Å². The van der Waals surface area contributed by atoms with Gasteiger partial charge in [0.1, 0.15) is 0 Å². The molecule has 1 saturated heterocycles. The second-order valence-electron chi connectivity index (χ2n) is 7.91. The van der Waals surface area contributed by atoms with Gasteiger partial charge in [-0.25, -0.2) is 4.68 Å². The van der Waals surface area contributed by atoms with Crippen LogP contribution in [0, 0.1) is 5.92 Å². The van der Waals surface area contributed by atoms with E-state index in [1.54, 1.807) is 29.2 Å². The molecule has 2 aliphatic heterocycles. The fraction of sp³-hybridized carbons (Fsp3) is 0.381. The molecule has 3 aromatic rings. The molecule has 0 bridgehead atoms. The Kier molecular flexibility index (Phi) is 4.55. The van der Waals surface area contributed by atoms with Crippen LogP contribution < -0.4 is 10.5 Å². The highest BCUT2D eigenvalue weighted by molar-refractivity contribution is 5.57. The molecule has 5 heterocycles. The lowest BCUT2D eigenvalue weighted by molar-refractivity contribution is 0.307. The summed E-state index contributed by atoms with van der Waals surface area (Å²) in [4.78, 5) is 20.8. The third-order valence-electron chi connectivity index (χ3n) is 5.67. The summed E-state index contributed by atoms with van der Waals surface area (Å²) in [5.74, 6) is 1.30. The summed E-state index contributed by atoms with van der Waals surface area (Å²) in [5, 5.41) is 13.4. The minimum Gasteiger partial charge on any atom is -0.354 e. The Morgan fingerprint density at radius 1 is 1.10 bits per heavy atom. The lowest BCUT2D eigenvalue weighted by atomic mass is 9.99. The van der Waals surface area contributed by atoms with Gasteiger partial charge in [0.25, 0.3) is 5.56 Å². The summed E-state index contributed by atoms with van der Waals surface area (Å²) in [6, 6.07) is 9.32. The van der Waals surface area contributed by atoms with Crippen LogP contribution in [0.5, 0.6) is 0 Å². The molecular weight excluding hydrogens is 366 g/mol. The summed E-state index contributed by atoms with van der Waals surface area (Å²) in [6.45, 7) is 4.28. The van der Waals surface area contributed by atoms with Gasteiger partial charge in [0, 0.05) is 62.5 Å². The van der Waals surface area contributed by atoms with E-state index in [2.05, 4.69) is 43.2 Å². The van der Waals surface area contributed by atoms with Crippen molar-refractivity contribution in [3.63, 3.8) is 0 Å². The van der Waals surface area contributed by atoms with E-state index in [9.17, 15) is 4.79 Å². The number of hydrogen-bond acceptors (Lipinski definition) is 7. The van der Waals surface area contributed by atoms with E-state index in [1.165, 1.54) is 5.56 Å². The number of pyridine rings is 1. The molecule has 1 fully saturated rings. The molecule has 8 nitrogen and oxygen atoms in total. The van der Waals surface area contributed by atoms with Gasteiger partial charge in [0.2, 0.25) is 0 Å². The Morgan fingerprint density at radius 2 is 1.93 bits per heavy atom. The van der Waals surface area contributed by atoms with Gasteiger partial charge >= 0.3 is 0 Å². The fourth-order valence-corrected chi connectivity index (χ4v) is 3.99. The zero-order valence-corrected chi connectivity index (χ0v) is 16.4. The monoisotopic (exact) mass is 389 g/mol. The zero-order chi connectivity index (χ0) is 19.8. The van der Waals surface area contributed by atoms with Gasteiger partial charge in [-0.15, -0.1) is 5.10 Å². The van der Waals surface area contributed by atoms with E-state index in [0.29, 0.717) is 12.5 Å². The van der Waals surface area contributed by atoms with Gasteiger partial charge in [0.15, 0.2) is 5.82 Å². The smallest absolute Gasteiger partial charge is 0.266 e. The van der Waals surface area contributed by atoms with Crippen molar-refractivity contribution in [2.45, 2.75) is 19.5 Å². The van der Waals surface area contributed by atoms with Crippen molar-refractivity contribution >= 4 is 5.82 Å². The number of likely N-dealkylation sites (N-methyl/N-ethyl adjacent to an activating group) is 1. The highest BCUT2D eigenvalue weighted by Gasteiger charge is 2.30. The molecule has 0 aromatic carbocycles. The first-order valence-electron chi connectivity index (χ1n) is 9.93. The minimum absolute atomic E-state index is 0.0714. The van der Waals surface area contributed by atoms with E-state index in [1.807, 2.05) is 12.1 Å². The summed E-state index contributed by atoms with van der Waals surface area (Å²) in [5.41, 5.74) is 4.06. The van der Waals surface area contributed by atoms with Crippen LogP contribution in [-0.2, 0) is 19.5 Å². The van der Waals surface area contributed by atoms with E-state index in [-0.39, 0.29) is 5.56 Å². The highest BCUT2D eigenvalue weighted by atomic mass is 16.1. The molecule has 0 unspecified atom stereocenters. The summed E-state index contributed by atoms with van der Waals surface area (Å²) in [7, 11) is 2.13. The van der Waals surface area contributed by atoms with Crippen molar-refractivity contribution in [3.05, 3.63) is 64.3 Å². The lowest BCUT2D eigenvalue weighted by Gasteiger charge is -2.40. The third-order valence-corrected chi connectivity index (χ3v) is 5.67. The zero-order valence-electron chi connectivity index (χ0n) is 16.4. The van der Waals surface area contributed by atoms with Gasteiger partial charge in [0.05, 0.1) is 17.9 Å². The Bertz CT molecular complexity index is 1080. The molecule has 5 rings (SSSR count). The quantitative estimate of drug-likeness (QED) is 0.664. The topological polar surface area (TPSA) is 80.0 Å². The predicted molar refractivity (Wildman–Crippen MR) is 110 cm³/mol. The van der Waals surface area contributed by atoms with Crippen LogP contribution in [0.2, 0.25) is 0 Å². The molecule has 3 aromatic heterocycles. The summed E-state index contributed by atoms with van der Waals surface area (Å²) >= 11 is 0. The van der Waals surface area contributed by atoms with Crippen LogP contribution in [-0.4, -0.2) is 56.5 Å². The maximum Gasteiger partial charge on any atom is 0.266 e. The van der Waals surface area contributed by atoms with E-state index in [0.717, 1.165) is 55.4 Å². The van der Waals surface area contributed by atoms with Crippen LogP contribution in [0.15, 0.2) is 47.5 Å². The Balaban J connectivity index is 1.27. The lowest BCUT2D eigenvalue weighted by Crippen LogP contribution is -2.50. The molecule has 0 N–H and O–H groups in total. The first-order valence-corrected chi connectivity index (χ1v) is 9.93. The Labute approximate surface area is 168 Å². The SMILES string of the molecule is CN1CCc2nnc(N3CC(Cn4nc(-c5ccncc5)ccc4=O)C3)cc2C1. The molecule has 0 atom stereocenters. The molecule has 2 aliphatic rings. The van der Waals surface area contributed by atoms with E-state index >= 15 is 0 Å². The average Bonchev–Trinajstić information content (AvgIpc) is 2.71. The standard InChI is InChI=1S/C21H23N7O/c1-26-9-6-18-17(14-26)10-20(24-23-18)27-11-15(12-27)13-28-21(29)3-2-19(25-28)16-4-7-22-8-5-16/h2-5,7-8,10,15H,6,9,11-14H2,1H3. The molecule has 0 amide bonds. The normalized spacial score (nSPS) is 17.1. The summed E-state index contributed by atoms with van der Waals surface area (Å²) in [6.07, 6.45) is 4.42. The fourth-order valence-electron chi connectivity index (χ4n) is 3.99. The molecule has 148 valence electrons. The molecule has 0 saturated carbocycles. The van der Waals surface area contributed by atoms with E-state index in [4.69, 9.17) is 0 Å². The minimum atomic E-state index is -0.0714. The Hall–Kier alpha value is -3.13. The molecule has 0 aliphatic carbocycles. The number of anilines is 1. The first kappa shape index (κ1) is 17.9. The van der Waals surface area contributed by atoms with Gasteiger partial charge < -0.3 is 9.80 Å². The van der Waals surface area contributed by atoms with Crippen molar-refractivity contribution in [1.29, 1.82) is 0 Å². The maximum atomic E-state index is 12.3. The number of hydrogen-bond donors (Lipinski definition) is 0. The number of aromatic nitrogens is 5. The largest absolute Gasteiger partial charge is 0.354 e. The van der Waals surface area contributed by atoms with Gasteiger partial charge in [-0.3, -0.25) is 9.78 Å². The van der Waals surface area contributed by atoms with Crippen LogP contribution >= 0.6 is 0 Å². The van der Waals surface area contributed by atoms with Crippen LogP contribution in [0.3, 0.4) is 0 Å². The van der Waals surface area contributed by atoms with Crippen molar-refractivity contribution in [1.82, 2.24) is 29.9 Å². The van der Waals surface area contributed by atoms with Crippen molar-refractivity contribution < 1.29 is 0 Å². The number of nitrogens with zero attached hydrogens (tertiary/aromatic N) is 7. The van der Waals surface area contributed by atoms with Crippen molar-refractivity contribution in [3.8, 4) is 11.3 Å². The molecule has 29 heavy (non-hydrogen) atoms. The highest BCUT2D eigenvalue weighted by Crippen LogP contribution is 2.26. The van der Waals surface area contributed by atoms with Crippen molar-refractivity contribution in [2.75, 3.05) is 31.6 Å². The molecule has 0 spiro atoms. The molecule has 8 heteroatoms. The molecular formula is C21H23N7O. The van der Waals surface area contributed by atoms with Crippen LogP contribution in [0.25, 0.3) is 11.3 Å². The number of rotatable bonds is 4. The summed E-state index contributed by atoms with van der Waals surface area (Å²) < 4.78 is 1.57. The first-order chi connectivity index (χ1) is 14.2. The maximum absolute atomic E-state index is 12.3. The van der Waals surface area contributed by atoms with Crippen LogP contribution in [0.1, 0.15) is 11.3 Å². The van der Waals surface area contributed by atoms with Crippen molar-refractivity contribution in [2.24, 2.45) is 5.92 Å². The second-order valence-corrected chi connectivity index (χ2v) is 7.91. The van der Waals surface area contributed by atoms with E-state index < -0.39 is 0 Å². The predicted octanol–water partition coefficient (Wildman–Crippen LogP) is 1.22. The van der Waals surface area contributed by atoms with Crippen LogP contribution in [0.4, 0.5) is 5.82 Å². The van der Waals surface area contributed by atoms with Gasteiger partial charge in [-0.2, -0.15) is 10.2 Å².